The Morgan fingerprint density at radius 1 is 1.53 bits per heavy atom. The van der Waals surface area contributed by atoms with Crippen molar-refractivity contribution >= 4 is 11.6 Å². The van der Waals surface area contributed by atoms with Crippen LogP contribution in [-0.4, -0.2) is 27.3 Å². The topological polar surface area (TPSA) is 48.5 Å². The van der Waals surface area contributed by atoms with Gasteiger partial charge in [-0.15, -0.1) is 0 Å². The average molecular weight is 233 g/mol. The third-order valence-electron chi connectivity index (χ3n) is 3.47. The lowest BCUT2D eigenvalue weighted by atomic mass is 9.83. The van der Waals surface area contributed by atoms with Crippen molar-refractivity contribution in [3.8, 4) is 0 Å². The van der Waals surface area contributed by atoms with E-state index in [0.717, 1.165) is 11.3 Å². The van der Waals surface area contributed by atoms with Gasteiger partial charge in [0.2, 0.25) is 0 Å². The van der Waals surface area contributed by atoms with Crippen molar-refractivity contribution < 1.29 is 9.53 Å². The molecule has 0 radical (unpaired) electrons. The Morgan fingerprint density at radius 2 is 2.35 bits per heavy atom. The standard InChI is InChI=1S/C12H15N3O2/c1-17-12(16)8-14-5-6-15-11(14)7-10(13-15)9-3-2-4-9/h5-7,9H,2-4,8H2,1H3. The van der Waals surface area contributed by atoms with Crippen molar-refractivity contribution in [1.29, 1.82) is 0 Å². The van der Waals surface area contributed by atoms with E-state index in [4.69, 9.17) is 0 Å². The lowest BCUT2D eigenvalue weighted by molar-refractivity contribution is -0.141. The fraction of sp³-hybridized carbons (Fsp3) is 0.500. The van der Waals surface area contributed by atoms with E-state index < -0.39 is 0 Å². The van der Waals surface area contributed by atoms with Gasteiger partial charge in [-0.05, 0) is 12.8 Å². The van der Waals surface area contributed by atoms with Gasteiger partial charge in [-0.1, -0.05) is 6.42 Å². The van der Waals surface area contributed by atoms with Crippen LogP contribution in [-0.2, 0) is 16.1 Å². The molecule has 0 aromatic carbocycles. The predicted molar refractivity (Wildman–Crippen MR) is 61.8 cm³/mol. The van der Waals surface area contributed by atoms with E-state index in [0.29, 0.717) is 5.92 Å². The zero-order chi connectivity index (χ0) is 11.8. The number of imidazole rings is 1. The van der Waals surface area contributed by atoms with Crippen LogP contribution in [0.3, 0.4) is 0 Å². The van der Waals surface area contributed by atoms with E-state index in [1.54, 1.807) is 0 Å². The molecular weight excluding hydrogens is 218 g/mol. The van der Waals surface area contributed by atoms with Gasteiger partial charge >= 0.3 is 5.97 Å². The minimum absolute atomic E-state index is 0.239. The van der Waals surface area contributed by atoms with Gasteiger partial charge in [0.05, 0.1) is 12.8 Å². The highest BCUT2D eigenvalue weighted by molar-refractivity contribution is 5.70. The second kappa shape index (κ2) is 3.91. The molecule has 5 heteroatoms. The summed E-state index contributed by atoms with van der Waals surface area (Å²) < 4.78 is 8.36. The fourth-order valence-corrected chi connectivity index (χ4v) is 2.19. The maximum Gasteiger partial charge on any atom is 0.325 e. The minimum Gasteiger partial charge on any atom is -0.468 e. The smallest absolute Gasteiger partial charge is 0.325 e. The molecule has 2 heterocycles. The lowest BCUT2D eigenvalue weighted by Gasteiger charge is -2.22. The summed E-state index contributed by atoms with van der Waals surface area (Å²) in [6, 6.07) is 2.08. The van der Waals surface area contributed by atoms with Crippen molar-refractivity contribution in [2.45, 2.75) is 31.7 Å². The highest BCUT2D eigenvalue weighted by Crippen LogP contribution is 2.35. The maximum atomic E-state index is 11.3. The number of esters is 1. The number of rotatable bonds is 3. The Kier molecular flexibility index (Phi) is 2.39. The molecule has 2 aromatic heterocycles. The first-order chi connectivity index (χ1) is 8.28. The van der Waals surface area contributed by atoms with Crippen molar-refractivity contribution in [2.75, 3.05) is 7.11 Å². The number of nitrogens with zero attached hydrogens (tertiary/aromatic N) is 3. The number of carbonyl (C=O) groups excluding carboxylic acids is 1. The number of carbonyl (C=O) groups is 1. The second-order valence-electron chi connectivity index (χ2n) is 4.50. The Labute approximate surface area is 99.0 Å². The van der Waals surface area contributed by atoms with Crippen LogP contribution in [0.2, 0.25) is 0 Å². The number of hydrogen-bond donors (Lipinski definition) is 0. The van der Waals surface area contributed by atoms with Crippen LogP contribution in [0.4, 0.5) is 0 Å². The summed E-state index contributed by atoms with van der Waals surface area (Å²) in [7, 11) is 1.40. The Balaban J connectivity index is 1.91. The summed E-state index contributed by atoms with van der Waals surface area (Å²) in [5.74, 6) is 0.371. The van der Waals surface area contributed by atoms with Crippen molar-refractivity contribution in [1.82, 2.24) is 14.2 Å². The summed E-state index contributed by atoms with van der Waals surface area (Å²) in [6.45, 7) is 0.239. The third kappa shape index (κ3) is 1.71. The van der Waals surface area contributed by atoms with E-state index in [-0.39, 0.29) is 12.5 Å². The number of aromatic nitrogens is 3. The number of hydrogen-bond acceptors (Lipinski definition) is 3. The summed E-state index contributed by atoms with van der Waals surface area (Å²) in [5.41, 5.74) is 2.10. The molecule has 3 rings (SSSR count). The molecule has 0 atom stereocenters. The van der Waals surface area contributed by atoms with Crippen molar-refractivity contribution in [3.05, 3.63) is 24.2 Å². The molecular formula is C12H15N3O2. The Morgan fingerprint density at radius 3 is 3.00 bits per heavy atom. The van der Waals surface area contributed by atoms with Gasteiger partial charge in [0, 0.05) is 24.4 Å². The van der Waals surface area contributed by atoms with Gasteiger partial charge in [-0.2, -0.15) is 5.10 Å². The monoisotopic (exact) mass is 233 g/mol. The highest BCUT2D eigenvalue weighted by atomic mass is 16.5. The molecule has 0 bridgehead atoms. The molecule has 2 aromatic rings. The maximum absolute atomic E-state index is 11.3. The molecule has 0 unspecified atom stereocenters. The minimum atomic E-state index is -0.241. The molecule has 5 nitrogen and oxygen atoms in total. The highest BCUT2D eigenvalue weighted by Gasteiger charge is 2.23. The van der Waals surface area contributed by atoms with Crippen LogP contribution >= 0.6 is 0 Å². The summed E-state index contributed by atoms with van der Waals surface area (Å²) in [5, 5.41) is 4.53. The first kappa shape index (κ1) is 10.4. The van der Waals surface area contributed by atoms with Gasteiger partial charge in [-0.3, -0.25) is 4.79 Å². The van der Waals surface area contributed by atoms with Crippen LogP contribution in [0.15, 0.2) is 18.5 Å². The van der Waals surface area contributed by atoms with E-state index in [1.165, 1.54) is 26.4 Å². The van der Waals surface area contributed by atoms with Crippen molar-refractivity contribution in [3.63, 3.8) is 0 Å². The largest absolute Gasteiger partial charge is 0.468 e. The molecule has 0 N–H and O–H groups in total. The first-order valence-corrected chi connectivity index (χ1v) is 5.89. The number of fused-ring (bicyclic) bond motifs is 1. The average Bonchev–Trinajstić information content (AvgIpc) is 2.78. The normalized spacial score (nSPS) is 16.1. The van der Waals surface area contributed by atoms with Crippen LogP contribution in [0.5, 0.6) is 0 Å². The predicted octanol–water partition coefficient (Wildman–Crippen LogP) is 1.58. The zero-order valence-corrected chi connectivity index (χ0v) is 9.80. The Hall–Kier alpha value is -1.78. The molecule has 0 aliphatic heterocycles. The molecule has 17 heavy (non-hydrogen) atoms. The van der Waals surface area contributed by atoms with Crippen LogP contribution in [0.25, 0.3) is 5.65 Å². The fourth-order valence-electron chi connectivity index (χ4n) is 2.19. The SMILES string of the molecule is COC(=O)Cn1ccn2nc(C3CCC3)cc12. The molecule has 0 spiro atoms. The van der Waals surface area contributed by atoms with Crippen LogP contribution in [0, 0.1) is 0 Å². The summed E-state index contributed by atoms with van der Waals surface area (Å²) in [6.07, 6.45) is 7.49. The number of ether oxygens (including phenoxy) is 1. The van der Waals surface area contributed by atoms with Gasteiger partial charge in [0.25, 0.3) is 0 Å². The molecule has 0 amide bonds. The van der Waals surface area contributed by atoms with Crippen LogP contribution < -0.4 is 0 Å². The zero-order valence-electron chi connectivity index (χ0n) is 9.80. The third-order valence-corrected chi connectivity index (χ3v) is 3.47. The van der Waals surface area contributed by atoms with Gasteiger partial charge in [0.15, 0.2) is 0 Å². The molecule has 0 saturated heterocycles. The number of methoxy groups -OCH3 is 1. The van der Waals surface area contributed by atoms with E-state index >= 15 is 0 Å². The molecule has 1 saturated carbocycles. The van der Waals surface area contributed by atoms with E-state index in [2.05, 4.69) is 15.9 Å². The van der Waals surface area contributed by atoms with Gasteiger partial charge < -0.3 is 9.30 Å². The van der Waals surface area contributed by atoms with Crippen molar-refractivity contribution in [2.24, 2.45) is 0 Å². The molecule has 1 aliphatic rings. The van der Waals surface area contributed by atoms with E-state index in [9.17, 15) is 4.79 Å². The summed E-state index contributed by atoms with van der Waals surface area (Å²) >= 11 is 0. The van der Waals surface area contributed by atoms with E-state index in [1.807, 2.05) is 21.5 Å². The Bertz CT molecular complexity index is 551. The van der Waals surface area contributed by atoms with Gasteiger partial charge in [0.1, 0.15) is 12.2 Å². The summed E-state index contributed by atoms with van der Waals surface area (Å²) in [4.78, 5) is 11.3. The first-order valence-electron chi connectivity index (χ1n) is 5.89. The second-order valence-corrected chi connectivity index (χ2v) is 4.50. The van der Waals surface area contributed by atoms with Gasteiger partial charge in [-0.25, -0.2) is 4.52 Å². The van der Waals surface area contributed by atoms with Crippen LogP contribution in [0.1, 0.15) is 30.9 Å². The molecule has 1 fully saturated rings. The molecule has 1 aliphatic carbocycles. The quantitative estimate of drug-likeness (QED) is 0.756. The molecule has 90 valence electrons. The lowest BCUT2D eigenvalue weighted by Crippen LogP contribution is -2.10.